The maximum atomic E-state index is 13.4. The zero-order valence-electron chi connectivity index (χ0n) is 14.7. The average Bonchev–Trinajstić information content (AvgIpc) is 3.20. The Kier molecular flexibility index (Phi) is 5.01. The first-order valence-corrected chi connectivity index (χ1v) is 10.5. The predicted octanol–water partition coefficient (Wildman–Crippen LogP) is 5.07. The highest BCUT2D eigenvalue weighted by Crippen LogP contribution is 2.39. The molecule has 1 saturated heterocycles. The van der Waals surface area contributed by atoms with Gasteiger partial charge in [0.2, 0.25) is 0 Å². The van der Waals surface area contributed by atoms with Crippen LogP contribution in [0.15, 0.2) is 41.4 Å². The summed E-state index contributed by atoms with van der Waals surface area (Å²) in [4.78, 5) is 30.8. The molecule has 1 atom stereocenters. The Morgan fingerprint density at radius 3 is 2.48 bits per heavy atom. The zero-order valence-corrected chi connectivity index (χ0v) is 17.1. The van der Waals surface area contributed by atoms with Crippen LogP contribution >= 0.6 is 34.5 Å². The van der Waals surface area contributed by atoms with Gasteiger partial charge >= 0.3 is 0 Å². The summed E-state index contributed by atoms with van der Waals surface area (Å²) < 4.78 is 0. The number of carbonyl (C=O) groups excluding carboxylic acids is 2. The molecule has 4 rings (SSSR count). The van der Waals surface area contributed by atoms with Gasteiger partial charge in [-0.15, -0.1) is 11.3 Å². The van der Waals surface area contributed by atoms with Crippen molar-refractivity contribution in [1.29, 1.82) is 0 Å². The van der Waals surface area contributed by atoms with E-state index in [-0.39, 0.29) is 11.8 Å². The van der Waals surface area contributed by atoms with Crippen LogP contribution in [0.2, 0.25) is 10.0 Å². The molecule has 0 aliphatic carbocycles. The maximum Gasteiger partial charge on any atom is 0.282 e. The van der Waals surface area contributed by atoms with Crippen molar-refractivity contribution in [3.63, 3.8) is 0 Å². The van der Waals surface area contributed by atoms with E-state index in [0.717, 1.165) is 30.8 Å². The molecule has 2 aromatic rings. The van der Waals surface area contributed by atoms with E-state index in [1.165, 1.54) is 16.2 Å². The highest BCUT2D eigenvalue weighted by molar-refractivity contribution is 7.11. The monoisotopic (exact) mass is 420 g/mol. The molecule has 0 saturated carbocycles. The third kappa shape index (κ3) is 3.40. The van der Waals surface area contributed by atoms with E-state index in [1.807, 2.05) is 17.5 Å². The van der Waals surface area contributed by atoms with Crippen molar-refractivity contribution in [3.8, 4) is 0 Å². The molecule has 2 aliphatic rings. The van der Waals surface area contributed by atoms with E-state index in [9.17, 15) is 9.59 Å². The van der Waals surface area contributed by atoms with Crippen molar-refractivity contribution in [2.45, 2.75) is 19.8 Å². The quantitative estimate of drug-likeness (QED) is 0.650. The van der Waals surface area contributed by atoms with E-state index < -0.39 is 0 Å². The van der Waals surface area contributed by atoms with Crippen LogP contribution in [0.4, 0.5) is 5.69 Å². The minimum absolute atomic E-state index is 0.309. The van der Waals surface area contributed by atoms with Gasteiger partial charge in [0.1, 0.15) is 5.70 Å². The van der Waals surface area contributed by atoms with E-state index in [2.05, 4.69) is 11.8 Å². The lowest BCUT2D eigenvalue weighted by atomic mass is 9.99. The summed E-state index contributed by atoms with van der Waals surface area (Å²) in [5.41, 5.74) is 1.36. The number of amides is 2. The molecule has 1 unspecified atom stereocenters. The fraction of sp³-hybridized carbons (Fsp3) is 0.300. The Bertz CT molecular complexity index is 919. The van der Waals surface area contributed by atoms with Gasteiger partial charge in [0.05, 0.1) is 11.3 Å². The molecular weight excluding hydrogens is 403 g/mol. The summed E-state index contributed by atoms with van der Waals surface area (Å²) in [5.74, 6) is -0.154. The largest absolute Gasteiger partial charge is 0.366 e. The van der Waals surface area contributed by atoms with E-state index >= 15 is 0 Å². The molecule has 27 heavy (non-hydrogen) atoms. The van der Waals surface area contributed by atoms with Crippen LogP contribution in [-0.4, -0.2) is 29.8 Å². The molecule has 1 fully saturated rings. The van der Waals surface area contributed by atoms with Crippen molar-refractivity contribution < 1.29 is 9.59 Å². The lowest BCUT2D eigenvalue weighted by Gasteiger charge is -2.33. The highest BCUT2D eigenvalue weighted by Gasteiger charge is 2.43. The van der Waals surface area contributed by atoms with Crippen LogP contribution in [0.3, 0.4) is 0 Å². The van der Waals surface area contributed by atoms with Gasteiger partial charge < -0.3 is 4.90 Å². The lowest BCUT2D eigenvalue weighted by molar-refractivity contribution is -0.120. The first-order valence-electron chi connectivity index (χ1n) is 8.83. The number of rotatable bonds is 3. The Morgan fingerprint density at radius 2 is 1.85 bits per heavy atom. The summed E-state index contributed by atoms with van der Waals surface area (Å²) in [6.45, 7) is 3.72. The van der Waals surface area contributed by atoms with Gasteiger partial charge in [-0.2, -0.15) is 0 Å². The highest BCUT2D eigenvalue weighted by atomic mass is 35.5. The maximum absolute atomic E-state index is 13.4. The average molecular weight is 421 g/mol. The Balaban J connectivity index is 1.82. The molecule has 1 aromatic heterocycles. The second-order valence-electron chi connectivity index (χ2n) is 6.97. The Labute approximate surface area is 172 Å². The second-order valence-corrected chi connectivity index (χ2v) is 8.79. The molecule has 4 nitrogen and oxygen atoms in total. The fourth-order valence-electron chi connectivity index (χ4n) is 3.75. The molecule has 0 radical (unpaired) electrons. The number of piperidine rings is 1. The summed E-state index contributed by atoms with van der Waals surface area (Å²) in [6.07, 6.45) is 2.14. The van der Waals surface area contributed by atoms with Crippen LogP contribution in [0, 0.1) is 5.92 Å². The first kappa shape index (κ1) is 18.5. The van der Waals surface area contributed by atoms with Crippen molar-refractivity contribution >= 4 is 57.6 Å². The number of hydrogen-bond acceptors (Lipinski definition) is 4. The summed E-state index contributed by atoms with van der Waals surface area (Å²) in [5, 5.41) is 2.68. The third-order valence-electron chi connectivity index (χ3n) is 4.91. The SMILES string of the molecule is CC1CCCN(C2=C(c3cccs3)C(=O)N(c3cc(Cl)cc(Cl)c3)C2=O)C1. The first-order chi connectivity index (χ1) is 13.0. The van der Waals surface area contributed by atoms with Crippen LogP contribution in [0.5, 0.6) is 0 Å². The van der Waals surface area contributed by atoms with Gasteiger partial charge in [-0.1, -0.05) is 36.2 Å². The van der Waals surface area contributed by atoms with Gasteiger partial charge in [0.25, 0.3) is 11.8 Å². The van der Waals surface area contributed by atoms with Crippen LogP contribution < -0.4 is 4.90 Å². The van der Waals surface area contributed by atoms with Gasteiger partial charge in [-0.05, 0) is 48.4 Å². The minimum Gasteiger partial charge on any atom is -0.366 e. The summed E-state index contributed by atoms with van der Waals surface area (Å²) >= 11 is 13.7. The van der Waals surface area contributed by atoms with Gasteiger partial charge in [0.15, 0.2) is 0 Å². The topological polar surface area (TPSA) is 40.6 Å². The molecule has 0 spiro atoms. The number of thiophene rings is 1. The zero-order chi connectivity index (χ0) is 19.1. The number of carbonyl (C=O) groups is 2. The third-order valence-corrected chi connectivity index (χ3v) is 6.23. The Morgan fingerprint density at radius 1 is 1.11 bits per heavy atom. The van der Waals surface area contributed by atoms with Crippen molar-refractivity contribution in [1.82, 2.24) is 4.90 Å². The number of imide groups is 1. The molecule has 7 heteroatoms. The number of likely N-dealkylation sites (tertiary alicyclic amines) is 1. The molecule has 0 N–H and O–H groups in total. The molecule has 2 amide bonds. The van der Waals surface area contributed by atoms with Crippen molar-refractivity contribution in [2.75, 3.05) is 18.0 Å². The molecule has 0 bridgehead atoms. The Hall–Kier alpha value is -1.82. The number of halogens is 2. The standard InChI is InChI=1S/C20H18Cl2N2O2S/c1-12-4-2-6-23(11-12)18-17(16-5-3-7-27-16)19(25)24(20(18)26)15-9-13(21)8-14(22)10-15/h3,5,7-10,12H,2,4,6,11H2,1H3. The predicted molar refractivity (Wildman–Crippen MR) is 110 cm³/mol. The van der Waals surface area contributed by atoms with E-state index in [0.29, 0.717) is 32.9 Å². The van der Waals surface area contributed by atoms with Gasteiger partial charge in [0, 0.05) is 28.0 Å². The number of hydrogen-bond donors (Lipinski definition) is 0. The lowest BCUT2D eigenvalue weighted by Crippen LogP contribution is -2.39. The van der Waals surface area contributed by atoms with Gasteiger partial charge in [-0.25, -0.2) is 4.90 Å². The second kappa shape index (κ2) is 7.30. The van der Waals surface area contributed by atoms with E-state index in [1.54, 1.807) is 18.2 Å². The van der Waals surface area contributed by atoms with Crippen molar-refractivity contribution in [3.05, 3.63) is 56.3 Å². The smallest absolute Gasteiger partial charge is 0.282 e. The van der Waals surface area contributed by atoms with Crippen molar-refractivity contribution in [2.24, 2.45) is 5.92 Å². The summed E-state index contributed by atoms with van der Waals surface area (Å²) in [6, 6.07) is 8.54. The molecule has 140 valence electrons. The molecule has 2 aliphatic heterocycles. The van der Waals surface area contributed by atoms with Gasteiger partial charge in [-0.3, -0.25) is 9.59 Å². The molecular formula is C20H18Cl2N2O2S. The van der Waals surface area contributed by atoms with Crippen LogP contribution in [-0.2, 0) is 9.59 Å². The van der Waals surface area contributed by atoms with Crippen LogP contribution in [0.1, 0.15) is 24.6 Å². The molecule has 1 aromatic carbocycles. The molecule has 3 heterocycles. The number of nitrogens with zero attached hydrogens (tertiary/aromatic N) is 2. The fourth-order valence-corrected chi connectivity index (χ4v) is 5.03. The number of benzene rings is 1. The van der Waals surface area contributed by atoms with E-state index in [4.69, 9.17) is 23.2 Å². The minimum atomic E-state index is -0.325. The van der Waals surface area contributed by atoms with Crippen LogP contribution in [0.25, 0.3) is 5.57 Å². The number of anilines is 1. The normalized spacial score (nSPS) is 20.8. The summed E-state index contributed by atoms with van der Waals surface area (Å²) in [7, 11) is 0.